The van der Waals surface area contributed by atoms with E-state index in [4.69, 9.17) is 9.47 Å². The predicted octanol–water partition coefficient (Wildman–Crippen LogP) is 2.35. The molecule has 1 aliphatic heterocycles. The zero-order chi connectivity index (χ0) is 16.9. The topological polar surface area (TPSA) is 76.6 Å². The summed E-state index contributed by atoms with van der Waals surface area (Å²) in [5.41, 5.74) is 0.327. The van der Waals surface area contributed by atoms with Crippen LogP contribution in [0.3, 0.4) is 0 Å². The zero-order valence-electron chi connectivity index (χ0n) is 13.8. The van der Waals surface area contributed by atoms with E-state index >= 15 is 0 Å². The summed E-state index contributed by atoms with van der Waals surface area (Å²) in [6.45, 7) is 2.00. The van der Waals surface area contributed by atoms with Crippen molar-refractivity contribution in [2.24, 2.45) is 0 Å². The molecule has 1 aromatic heterocycles. The fourth-order valence-corrected chi connectivity index (χ4v) is 2.76. The fourth-order valence-electron chi connectivity index (χ4n) is 2.76. The highest BCUT2D eigenvalue weighted by atomic mass is 16.5. The molecule has 1 aromatic carbocycles. The number of hydrogen-bond donors (Lipinski definition) is 1. The summed E-state index contributed by atoms with van der Waals surface area (Å²) in [6.07, 6.45) is 2.35. The lowest BCUT2D eigenvalue weighted by atomic mass is 10.1. The minimum absolute atomic E-state index is 0.327. The molecule has 0 atom stereocenters. The van der Waals surface area contributed by atoms with Gasteiger partial charge in [-0.05, 0) is 37.1 Å². The highest BCUT2D eigenvalue weighted by Crippen LogP contribution is 2.29. The Balaban J connectivity index is 1.77. The van der Waals surface area contributed by atoms with Crippen LogP contribution in [0.1, 0.15) is 23.2 Å². The molecule has 0 aliphatic carbocycles. The Morgan fingerprint density at radius 3 is 2.25 bits per heavy atom. The second kappa shape index (κ2) is 7.16. The van der Waals surface area contributed by atoms with Crippen LogP contribution < -0.4 is 19.7 Å². The van der Waals surface area contributed by atoms with Gasteiger partial charge in [0.15, 0.2) is 11.6 Å². The zero-order valence-corrected chi connectivity index (χ0v) is 13.8. The molecule has 1 amide bonds. The molecule has 2 heterocycles. The molecule has 7 heteroatoms. The number of hydrogen-bond acceptors (Lipinski definition) is 6. The van der Waals surface area contributed by atoms with Gasteiger partial charge in [-0.15, -0.1) is 10.2 Å². The summed E-state index contributed by atoms with van der Waals surface area (Å²) in [4.78, 5) is 14.7. The maximum absolute atomic E-state index is 12.6. The van der Waals surface area contributed by atoms with Crippen LogP contribution in [0, 0.1) is 0 Å². The van der Waals surface area contributed by atoms with E-state index in [1.165, 1.54) is 27.1 Å². The molecule has 0 bridgehead atoms. The average Bonchev–Trinajstić information content (AvgIpc) is 3.16. The minimum atomic E-state index is -0.354. The number of nitrogens with one attached hydrogen (secondary N) is 1. The van der Waals surface area contributed by atoms with Gasteiger partial charge in [0.1, 0.15) is 17.1 Å². The molecular formula is C17H20N4O3. The van der Waals surface area contributed by atoms with Crippen LogP contribution in [0.25, 0.3) is 0 Å². The van der Waals surface area contributed by atoms with Crippen LogP contribution in [0.2, 0.25) is 0 Å². The first kappa shape index (κ1) is 16.0. The summed E-state index contributed by atoms with van der Waals surface area (Å²) in [6, 6.07) is 8.80. The first-order chi connectivity index (χ1) is 11.7. The molecule has 1 fully saturated rings. The second-order valence-corrected chi connectivity index (χ2v) is 5.46. The largest absolute Gasteiger partial charge is 0.496 e. The molecule has 1 aliphatic rings. The SMILES string of the molecule is COc1cccc(OC)c1C(=O)Nc1ccc(N2CCCC2)nn1. The Kier molecular flexibility index (Phi) is 4.79. The summed E-state index contributed by atoms with van der Waals surface area (Å²) in [5, 5.41) is 11.0. The third kappa shape index (κ3) is 3.24. The van der Waals surface area contributed by atoms with Gasteiger partial charge in [-0.3, -0.25) is 4.79 Å². The molecule has 0 spiro atoms. The van der Waals surface area contributed by atoms with Crippen molar-refractivity contribution in [1.82, 2.24) is 10.2 Å². The number of methoxy groups -OCH3 is 2. The van der Waals surface area contributed by atoms with Crippen molar-refractivity contribution in [1.29, 1.82) is 0 Å². The smallest absolute Gasteiger partial charge is 0.264 e. The summed E-state index contributed by atoms with van der Waals surface area (Å²) >= 11 is 0. The van der Waals surface area contributed by atoms with Crippen molar-refractivity contribution in [3.8, 4) is 11.5 Å². The van der Waals surface area contributed by atoms with E-state index in [0.717, 1.165) is 18.9 Å². The maximum atomic E-state index is 12.6. The Morgan fingerprint density at radius 2 is 1.71 bits per heavy atom. The highest BCUT2D eigenvalue weighted by Gasteiger charge is 2.19. The lowest BCUT2D eigenvalue weighted by Crippen LogP contribution is -2.20. The van der Waals surface area contributed by atoms with E-state index in [9.17, 15) is 4.79 Å². The van der Waals surface area contributed by atoms with Crippen LogP contribution in [-0.2, 0) is 0 Å². The number of carbonyl (C=O) groups excluding carboxylic acids is 1. The van der Waals surface area contributed by atoms with Crippen molar-refractivity contribution in [3.63, 3.8) is 0 Å². The molecule has 24 heavy (non-hydrogen) atoms. The Morgan fingerprint density at radius 1 is 1.04 bits per heavy atom. The second-order valence-electron chi connectivity index (χ2n) is 5.46. The first-order valence-corrected chi connectivity index (χ1v) is 7.84. The molecular weight excluding hydrogens is 308 g/mol. The fraction of sp³-hybridized carbons (Fsp3) is 0.353. The average molecular weight is 328 g/mol. The minimum Gasteiger partial charge on any atom is -0.496 e. The molecule has 1 saturated heterocycles. The van der Waals surface area contributed by atoms with Gasteiger partial charge >= 0.3 is 0 Å². The Hall–Kier alpha value is -2.83. The van der Waals surface area contributed by atoms with Crippen LogP contribution in [-0.4, -0.2) is 43.4 Å². The number of ether oxygens (including phenoxy) is 2. The molecule has 0 saturated carbocycles. The van der Waals surface area contributed by atoms with Crippen molar-refractivity contribution in [2.45, 2.75) is 12.8 Å². The lowest BCUT2D eigenvalue weighted by molar-refractivity contribution is 0.102. The Labute approximate surface area is 140 Å². The van der Waals surface area contributed by atoms with E-state index in [1.54, 1.807) is 24.3 Å². The molecule has 126 valence electrons. The molecule has 0 unspecified atom stereocenters. The van der Waals surface area contributed by atoms with Crippen molar-refractivity contribution in [3.05, 3.63) is 35.9 Å². The summed E-state index contributed by atoms with van der Waals surface area (Å²) < 4.78 is 10.5. The van der Waals surface area contributed by atoms with E-state index in [-0.39, 0.29) is 5.91 Å². The Bertz CT molecular complexity index is 690. The third-order valence-corrected chi connectivity index (χ3v) is 3.98. The van der Waals surface area contributed by atoms with Gasteiger partial charge in [-0.1, -0.05) is 6.07 Å². The maximum Gasteiger partial charge on any atom is 0.264 e. The number of nitrogens with zero attached hydrogens (tertiary/aromatic N) is 3. The normalized spacial score (nSPS) is 13.7. The van der Waals surface area contributed by atoms with Gasteiger partial charge in [0.25, 0.3) is 5.91 Å². The number of benzene rings is 1. The van der Waals surface area contributed by atoms with Crippen LogP contribution in [0.5, 0.6) is 11.5 Å². The van der Waals surface area contributed by atoms with E-state index in [0.29, 0.717) is 22.9 Å². The van der Waals surface area contributed by atoms with Gasteiger partial charge in [0, 0.05) is 13.1 Å². The van der Waals surface area contributed by atoms with Crippen LogP contribution in [0.15, 0.2) is 30.3 Å². The third-order valence-electron chi connectivity index (χ3n) is 3.98. The van der Waals surface area contributed by atoms with Crippen LogP contribution in [0.4, 0.5) is 11.6 Å². The number of rotatable bonds is 5. The number of aromatic nitrogens is 2. The van der Waals surface area contributed by atoms with E-state index in [2.05, 4.69) is 20.4 Å². The van der Waals surface area contributed by atoms with Gasteiger partial charge < -0.3 is 19.7 Å². The lowest BCUT2D eigenvalue weighted by Gasteiger charge is -2.16. The van der Waals surface area contributed by atoms with Gasteiger partial charge in [0.05, 0.1) is 14.2 Å². The molecule has 3 rings (SSSR count). The van der Waals surface area contributed by atoms with E-state index < -0.39 is 0 Å². The quantitative estimate of drug-likeness (QED) is 0.908. The number of anilines is 2. The highest BCUT2D eigenvalue weighted by molar-refractivity contribution is 6.07. The monoisotopic (exact) mass is 328 g/mol. The number of amides is 1. The van der Waals surface area contributed by atoms with E-state index in [1.807, 2.05) is 6.07 Å². The van der Waals surface area contributed by atoms with Crippen molar-refractivity contribution < 1.29 is 14.3 Å². The first-order valence-electron chi connectivity index (χ1n) is 7.84. The molecule has 0 radical (unpaired) electrons. The summed E-state index contributed by atoms with van der Waals surface area (Å²) in [5.74, 6) is 1.74. The van der Waals surface area contributed by atoms with Gasteiger partial charge in [-0.2, -0.15) is 0 Å². The molecule has 2 aromatic rings. The number of carbonyl (C=O) groups is 1. The molecule has 7 nitrogen and oxygen atoms in total. The molecule has 1 N–H and O–H groups in total. The van der Waals surface area contributed by atoms with Gasteiger partial charge in [-0.25, -0.2) is 0 Å². The standard InChI is InChI=1S/C17H20N4O3/c1-23-12-6-5-7-13(24-2)16(12)17(22)18-14-8-9-15(20-19-14)21-10-3-4-11-21/h5-9H,3-4,10-11H2,1-2H3,(H,18,19,22). The van der Waals surface area contributed by atoms with Crippen molar-refractivity contribution >= 4 is 17.5 Å². The summed E-state index contributed by atoms with van der Waals surface area (Å²) in [7, 11) is 3.02. The van der Waals surface area contributed by atoms with Crippen molar-refractivity contribution in [2.75, 3.05) is 37.5 Å². The predicted molar refractivity (Wildman–Crippen MR) is 91.0 cm³/mol. The van der Waals surface area contributed by atoms with Gasteiger partial charge in [0.2, 0.25) is 0 Å². The van der Waals surface area contributed by atoms with Crippen LogP contribution >= 0.6 is 0 Å².